The van der Waals surface area contributed by atoms with Gasteiger partial charge in [-0.1, -0.05) is 0 Å². The molecule has 0 saturated carbocycles. The summed E-state index contributed by atoms with van der Waals surface area (Å²) in [4.78, 5) is 33.7. The Labute approximate surface area is 204 Å². The van der Waals surface area contributed by atoms with E-state index in [1.807, 2.05) is 21.1 Å². The van der Waals surface area contributed by atoms with Crippen LogP contribution in [0.1, 0.15) is 0 Å². The van der Waals surface area contributed by atoms with Gasteiger partial charge in [0.2, 0.25) is 0 Å². The summed E-state index contributed by atoms with van der Waals surface area (Å²) in [5, 5.41) is 0. The van der Waals surface area contributed by atoms with E-state index >= 15 is 0 Å². The van der Waals surface area contributed by atoms with Crippen molar-refractivity contribution in [3.05, 3.63) is 25.3 Å². The number of hydrogen-bond donors (Lipinski definition) is 0. The van der Waals surface area contributed by atoms with Gasteiger partial charge in [0.1, 0.15) is 25.9 Å². The number of rotatable bonds is 12. The largest absolute Gasteiger partial charge is 0.756 e. The van der Waals surface area contributed by atoms with Crippen LogP contribution in [0.4, 0.5) is 0 Å². The van der Waals surface area contributed by atoms with Gasteiger partial charge >= 0.3 is 0 Å². The predicted molar refractivity (Wildman–Crippen MR) is 81.0 cm³/mol. The third-order valence-corrected chi connectivity index (χ3v) is 3.36. The van der Waals surface area contributed by atoms with Crippen molar-refractivity contribution in [2.24, 2.45) is 0 Å². The SMILES string of the molecule is [CH-]=CC(=O)OC[C@H](COP(=O)([O-])OCC[N+](C)(C)C)OC(=O)C=[CH-].[Y].[Y]. The number of hydrogen-bond acceptors (Lipinski definition) is 8. The molecule has 0 fully saturated rings. The first-order chi connectivity index (χ1) is 11.0. The van der Waals surface area contributed by atoms with Crippen LogP contribution in [-0.2, 0) is 98.1 Å². The predicted octanol–water partition coefficient (Wildman–Crippen LogP) is -0.377. The molecule has 12 heteroatoms. The van der Waals surface area contributed by atoms with Crippen LogP contribution in [0.25, 0.3) is 0 Å². The summed E-state index contributed by atoms with van der Waals surface area (Å²) in [6.45, 7) is 9.19. The zero-order valence-corrected chi connectivity index (χ0v) is 21.6. The van der Waals surface area contributed by atoms with E-state index in [4.69, 9.17) is 17.9 Å². The van der Waals surface area contributed by atoms with Gasteiger partial charge in [-0.15, -0.1) is 0 Å². The molecule has 0 aliphatic heterocycles. The van der Waals surface area contributed by atoms with Crippen LogP contribution in [-0.4, -0.2) is 70.0 Å². The van der Waals surface area contributed by atoms with E-state index in [0.717, 1.165) is 0 Å². The molecule has 0 saturated heterocycles. The summed E-state index contributed by atoms with van der Waals surface area (Å²) >= 11 is 0. The molecular weight excluding hydrogens is 519 g/mol. The fourth-order valence-corrected chi connectivity index (χ4v) is 1.91. The maximum absolute atomic E-state index is 11.6. The Morgan fingerprint density at radius 2 is 1.62 bits per heavy atom. The molecule has 0 aliphatic carbocycles. The molecule has 0 amide bonds. The van der Waals surface area contributed by atoms with Gasteiger partial charge in [0, 0.05) is 65.4 Å². The Hall–Kier alpha value is 0.698. The zero-order chi connectivity index (χ0) is 18.8. The Morgan fingerprint density at radius 1 is 1.08 bits per heavy atom. The molecule has 0 aromatic carbocycles. The van der Waals surface area contributed by atoms with Crippen molar-refractivity contribution in [1.29, 1.82) is 0 Å². The van der Waals surface area contributed by atoms with E-state index in [2.05, 4.69) is 13.8 Å². The molecular formula is C14H22NO8PY2-2. The van der Waals surface area contributed by atoms with E-state index in [-0.39, 0.29) is 72.0 Å². The van der Waals surface area contributed by atoms with Crippen molar-refractivity contribution in [2.45, 2.75) is 6.10 Å². The number of nitrogens with zero attached hydrogens (tertiary/aromatic N) is 1. The third-order valence-electron chi connectivity index (χ3n) is 2.40. The van der Waals surface area contributed by atoms with Crippen molar-refractivity contribution in [3.63, 3.8) is 0 Å². The van der Waals surface area contributed by atoms with Crippen molar-refractivity contribution in [3.8, 4) is 0 Å². The average Bonchev–Trinajstić information content (AvgIpc) is 2.47. The summed E-state index contributed by atoms with van der Waals surface area (Å²) < 4.78 is 30.8. The molecule has 0 aromatic rings. The Morgan fingerprint density at radius 3 is 2.08 bits per heavy atom. The maximum Gasteiger partial charge on any atom is 0.268 e. The Kier molecular flexibility index (Phi) is 18.8. The van der Waals surface area contributed by atoms with Gasteiger partial charge in [-0.25, -0.2) is 0 Å². The minimum atomic E-state index is -4.60. The third kappa shape index (κ3) is 18.1. The monoisotopic (exact) mass is 541 g/mol. The molecule has 0 spiro atoms. The Balaban J connectivity index is -0.00000264. The van der Waals surface area contributed by atoms with Crippen molar-refractivity contribution < 1.29 is 107 Å². The number of esters is 2. The number of phosphoric acid groups is 1. The maximum atomic E-state index is 11.6. The standard InChI is InChI=1S/C14H23NO8P.2Y/c1-6-13(16)20-10-12(23-14(17)7-2)11-22-24(18,19)21-9-8-15(3,4)5;;/h1-2,6-7,12H,8-11H2,3-5H3,(H,18,19);;/q-1;;/p-1/t12-;;/m1../s1. The topological polar surface area (TPSA) is 111 Å². The van der Waals surface area contributed by atoms with Gasteiger partial charge in [0.05, 0.1) is 27.7 Å². The second-order valence-electron chi connectivity index (χ2n) is 5.61. The van der Waals surface area contributed by atoms with Gasteiger partial charge in [0.15, 0.2) is 11.9 Å². The number of quaternary nitrogens is 1. The number of phosphoric ester groups is 1. The van der Waals surface area contributed by atoms with Crippen LogP contribution in [0, 0.1) is 13.2 Å². The first-order valence-electron chi connectivity index (χ1n) is 6.87. The fourth-order valence-electron chi connectivity index (χ4n) is 1.18. The number of carbonyl (C=O) groups is 2. The van der Waals surface area contributed by atoms with Crippen molar-refractivity contribution >= 4 is 19.8 Å². The molecule has 9 nitrogen and oxygen atoms in total. The molecule has 144 valence electrons. The fraction of sp³-hybridized carbons (Fsp3) is 0.571. The van der Waals surface area contributed by atoms with Crippen LogP contribution < -0.4 is 4.89 Å². The van der Waals surface area contributed by atoms with Crippen LogP contribution in [0.2, 0.25) is 0 Å². The van der Waals surface area contributed by atoms with E-state index in [1.54, 1.807) is 0 Å². The normalized spacial score (nSPS) is 13.8. The van der Waals surface area contributed by atoms with E-state index < -0.39 is 39.1 Å². The van der Waals surface area contributed by atoms with Crippen molar-refractivity contribution in [2.75, 3.05) is 47.5 Å². The smallest absolute Gasteiger partial charge is 0.268 e. The first kappa shape index (κ1) is 31.4. The summed E-state index contributed by atoms with van der Waals surface area (Å²) in [6.07, 6.45) is 0.0741. The molecule has 26 heavy (non-hydrogen) atoms. The molecule has 0 rings (SSSR count). The van der Waals surface area contributed by atoms with Crippen LogP contribution in [0.3, 0.4) is 0 Å². The van der Waals surface area contributed by atoms with Gasteiger partial charge in [-0.05, 0) is 0 Å². The molecule has 0 aromatic heterocycles. The van der Waals surface area contributed by atoms with Crippen molar-refractivity contribution in [1.82, 2.24) is 0 Å². The second kappa shape index (κ2) is 15.6. The number of carbonyl (C=O) groups excluding carboxylic acids is 2. The number of ether oxygens (including phenoxy) is 2. The van der Waals surface area contributed by atoms with E-state index in [1.165, 1.54) is 0 Å². The summed E-state index contributed by atoms with van der Waals surface area (Å²) in [6, 6.07) is 0. The quantitative estimate of drug-likeness (QED) is 0.108. The summed E-state index contributed by atoms with van der Waals surface area (Å²) in [7, 11) is 0.984. The number of likely N-dealkylation sites (N-methyl/N-ethyl adjacent to an activating group) is 1. The van der Waals surface area contributed by atoms with Crippen LogP contribution in [0.5, 0.6) is 0 Å². The molecule has 2 atom stereocenters. The summed E-state index contributed by atoms with van der Waals surface area (Å²) in [5.41, 5.74) is 0. The zero-order valence-electron chi connectivity index (χ0n) is 15.0. The average molecular weight is 541 g/mol. The van der Waals surface area contributed by atoms with Gasteiger partial charge in [-0.3, -0.25) is 17.7 Å². The van der Waals surface area contributed by atoms with Crippen LogP contribution >= 0.6 is 7.82 Å². The minimum Gasteiger partial charge on any atom is -0.756 e. The minimum absolute atomic E-state index is 0. The first-order valence-corrected chi connectivity index (χ1v) is 8.33. The summed E-state index contributed by atoms with van der Waals surface area (Å²) in [5.74, 6) is -1.82. The molecule has 0 bridgehead atoms. The molecule has 0 N–H and O–H groups in total. The van der Waals surface area contributed by atoms with Crippen LogP contribution in [0.15, 0.2) is 12.2 Å². The Bertz CT molecular complexity index is 510. The van der Waals surface area contributed by atoms with Gasteiger partial charge < -0.3 is 37.5 Å². The molecule has 0 heterocycles. The van der Waals surface area contributed by atoms with E-state index in [9.17, 15) is 19.0 Å². The van der Waals surface area contributed by atoms with Gasteiger partial charge in [-0.2, -0.15) is 12.2 Å². The molecule has 2 radical (unpaired) electrons. The molecule has 0 aliphatic rings. The second-order valence-corrected chi connectivity index (χ2v) is 7.02. The van der Waals surface area contributed by atoms with Gasteiger partial charge in [0.25, 0.3) is 7.82 Å². The molecule has 1 unspecified atom stereocenters. The van der Waals surface area contributed by atoms with E-state index in [0.29, 0.717) is 23.2 Å².